The van der Waals surface area contributed by atoms with Crippen LogP contribution in [0.25, 0.3) is 5.69 Å². The third-order valence-corrected chi connectivity index (χ3v) is 7.13. The lowest BCUT2D eigenvalue weighted by Gasteiger charge is -2.20. The molecule has 2 amide bonds. The first-order chi connectivity index (χ1) is 20.0. The van der Waals surface area contributed by atoms with Crippen molar-refractivity contribution in [3.8, 4) is 17.2 Å². The van der Waals surface area contributed by atoms with Crippen LogP contribution in [0.5, 0.6) is 11.5 Å². The van der Waals surface area contributed by atoms with Crippen molar-refractivity contribution in [2.75, 3.05) is 26.8 Å². The molecular formula is C27H29N9O5. The number of amides is 2. The maximum atomic E-state index is 13.3. The summed E-state index contributed by atoms with van der Waals surface area (Å²) in [6.07, 6.45) is 1.57. The number of nitrogens with one attached hydrogen (secondary N) is 1. The van der Waals surface area contributed by atoms with Gasteiger partial charge in [0.15, 0.2) is 17.3 Å². The smallest absolute Gasteiger partial charge is 0.251 e. The van der Waals surface area contributed by atoms with Gasteiger partial charge in [-0.1, -0.05) is 17.3 Å². The molecule has 2 aliphatic heterocycles. The van der Waals surface area contributed by atoms with Crippen molar-refractivity contribution in [1.29, 1.82) is 0 Å². The van der Waals surface area contributed by atoms with E-state index in [0.29, 0.717) is 54.8 Å². The Hall–Kier alpha value is -4.85. The standard InChI is InChI=1S/C27H29N9O5/c1-17-29-31-33-36(17)21-6-3-18(4-7-21)11-26(37)34-14-22-25(15-34)41-16-20-13-35(32-30-20)9-10-40-24-12-19(27(38)28-22)5-8-23(24)39-2/h3-8,12-13,22,25H,9-11,14-16H2,1-2H3,(H,28,38)/t22-,25-/m0/s1. The lowest BCUT2D eigenvalue weighted by atomic mass is 10.1. The first-order valence-electron chi connectivity index (χ1n) is 13.2. The zero-order valence-electron chi connectivity index (χ0n) is 22.6. The Bertz CT molecular complexity index is 1550. The Morgan fingerprint density at radius 2 is 1.98 bits per heavy atom. The van der Waals surface area contributed by atoms with E-state index >= 15 is 0 Å². The second kappa shape index (κ2) is 11.3. The summed E-state index contributed by atoms with van der Waals surface area (Å²) in [6.45, 7) is 3.42. The highest BCUT2D eigenvalue weighted by atomic mass is 16.5. The molecule has 0 saturated carbocycles. The zero-order chi connectivity index (χ0) is 28.3. The molecule has 0 unspecified atom stereocenters. The minimum atomic E-state index is -0.433. The molecule has 1 fully saturated rings. The molecule has 212 valence electrons. The summed E-state index contributed by atoms with van der Waals surface area (Å²) < 4.78 is 20.8. The molecule has 0 aliphatic carbocycles. The van der Waals surface area contributed by atoms with E-state index in [4.69, 9.17) is 14.2 Å². The van der Waals surface area contributed by atoms with E-state index < -0.39 is 12.1 Å². The molecule has 1 saturated heterocycles. The van der Waals surface area contributed by atoms with Crippen molar-refractivity contribution in [3.63, 3.8) is 0 Å². The SMILES string of the molecule is COc1ccc2cc1OCCn1cc(nn1)CO[C@H]1CN(C(=O)Cc3ccc(-n4nnnc4C)cc3)C[C@@H]1NC2=O. The third kappa shape index (κ3) is 5.72. The van der Waals surface area contributed by atoms with Gasteiger partial charge in [-0.05, 0) is 53.2 Å². The molecule has 0 radical (unpaired) electrons. The zero-order valence-corrected chi connectivity index (χ0v) is 22.6. The van der Waals surface area contributed by atoms with Crippen molar-refractivity contribution < 1.29 is 23.8 Å². The van der Waals surface area contributed by atoms with Crippen LogP contribution < -0.4 is 14.8 Å². The Labute approximate surface area is 235 Å². The number of ether oxygens (including phenoxy) is 3. The molecule has 6 rings (SSSR count). The molecule has 2 aliphatic rings. The second-order valence-corrected chi connectivity index (χ2v) is 9.90. The predicted molar refractivity (Wildman–Crippen MR) is 143 cm³/mol. The van der Waals surface area contributed by atoms with Crippen molar-refractivity contribution in [2.45, 2.75) is 38.6 Å². The molecule has 2 aromatic heterocycles. The predicted octanol–water partition coefficient (Wildman–Crippen LogP) is 0.732. The number of rotatable bonds is 4. The number of carbonyl (C=O) groups excluding carboxylic acids is 2. The number of hydrogen-bond acceptors (Lipinski definition) is 10. The highest BCUT2D eigenvalue weighted by Gasteiger charge is 2.37. The number of methoxy groups -OCH3 is 1. The molecule has 4 heterocycles. The fourth-order valence-electron chi connectivity index (χ4n) is 4.93. The van der Waals surface area contributed by atoms with Crippen LogP contribution in [0.3, 0.4) is 0 Å². The lowest BCUT2D eigenvalue weighted by Crippen LogP contribution is -2.44. The topological polar surface area (TPSA) is 151 Å². The fraction of sp³-hybridized carbons (Fsp3) is 0.370. The van der Waals surface area contributed by atoms with Gasteiger partial charge in [0.1, 0.15) is 12.3 Å². The first-order valence-corrected chi connectivity index (χ1v) is 13.2. The molecular weight excluding hydrogens is 530 g/mol. The van der Waals surface area contributed by atoms with Crippen molar-refractivity contribution in [3.05, 3.63) is 71.3 Å². The average Bonchev–Trinajstić information content (AvgIpc) is 3.72. The minimum absolute atomic E-state index is 0.0674. The van der Waals surface area contributed by atoms with Gasteiger partial charge in [0.2, 0.25) is 5.91 Å². The highest BCUT2D eigenvalue weighted by Crippen LogP contribution is 2.28. The van der Waals surface area contributed by atoms with E-state index in [9.17, 15) is 9.59 Å². The Balaban J connectivity index is 1.19. The van der Waals surface area contributed by atoms with E-state index in [1.54, 1.807) is 45.8 Å². The van der Waals surface area contributed by atoms with Crippen LogP contribution >= 0.6 is 0 Å². The Kier molecular flexibility index (Phi) is 7.29. The van der Waals surface area contributed by atoms with Crippen LogP contribution in [-0.2, 0) is 29.1 Å². The summed E-state index contributed by atoms with van der Waals surface area (Å²) in [4.78, 5) is 28.3. The summed E-state index contributed by atoms with van der Waals surface area (Å²) >= 11 is 0. The van der Waals surface area contributed by atoms with Gasteiger partial charge < -0.3 is 24.4 Å². The van der Waals surface area contributed by atoms with Gasteiger partial charge in [0.05, 0.1) is 50.7 Å². The number of hydrogen-bond donors (Lipinski definition) is 1. The van der Waals surface area contributed by atoms with Crippen molar-refractivity contribution in [1.82, 2.24) is 45.4 Å². The number of nitrogens with zero attached hydrogens (tertiary/aromatic N) is 8. The molecule has 1 N–H and O–H groups in total. The fourth-order valence-corrected chi connectivity index (χ4v) is 4.93. The van der Waals surface area contributed by atoms with Crippen LogP contribution in [-0.4, -0.2) is 90.9 Å². The van der Waals surface area contributed by atoms with Crippen LogP contribution in [0, 0.1) is 6.92 Å². The maximum Gasteiger partial charge on any atom is 0.251 e. The number of likely N-dealkylation sites (tertiary alicyclic amines) is 1. The van der Waals surface area contributed by atoms with Gasteiger partial charge in [0, 0.05) is 18.7 Å². The summed E-state index contributed by atoms with van der Waals surface area (Å²) in [5.41, 5.74) is 2.72. The van der Waals surface area contributed by atoms with Crippen LogP contribution in [0.4, 0.5) is 0 Å². The highest BCUT2D eigenvalue weighted by molar-refractivity contribution is 5.95. The first kappa shape index (κ1) is 26.4. The maximum absolute atomic E-state index is 13.3. The minimum Gasteiger partial charge on any atom is -0.493 e. The average molecular weight is 560 g/mol. The molecule has 41 heavy (non-hydrogen) atoms. The van der Waals surface area contributed by atoms with Crippen LogP contribution in [0.1, 0.15) is 27.4 Å². The van der Waals surface area contributed by atoms with Gasteiger partial charge in [-0.3, -0.25) is 9.59 Å². The molecule has 4 bridgehead atoms. The van der Waals surface area contributed by atoms with Gasteiger partial charge >= 0.3 is 0 Å². The van der Waals surface area contributed by atoms with E-state index in [1.165, 1.54) is 0 Å². The third-order valence-electron chi connectivity index (χ3n) is 7.13. The number of carbonyl (C=O) groups is 2. The lowest BCUT2D eigenvalue weighted by molar-refractivity contribution is -0.130. The monoisotopic (exact) mass is 559 g/mol. The number of aryl methyl sites for hydroxylation is 1. The molecule has 14 nitrogen and oxygen atoms in total. The molecule has 0 spiro atoms. The summed E-state index contributed by atoms with van der Waals surface area (Å²) in [7, 11) is 1.55. The normalized spacial score (nSPS) is 19.0. The van der Waals surface area contributed by atoms with E-state index in [-0.39, 0.29) is 24.8 Å². The Morgan fingerprint density at radius 3 is 2.76 bits per heavy atom. The van der Waals surface area contributed by atoms with E-state index in [0.717, 1.165) is 11.3 Å². The molecule has 2 aromatic carbocycles. The van der Waals surface area contributed by atoms with Gasteiger partial charge in [-0.15, -0.1) is 10.2 Å². The van der Waals surface area contributed by atoms with Crippen molar-refractivity contribution >= 4 is 11.8 Å². The summed E-state index contributed by atoms with van der Waals surface area (Å²) in [5, 5.41) is 22.9. The van der Waals surface area contributed by atoms with Gasteiger partial charge in [-0.25, -0.2) is 4.68 Å². The van der Waals surface area contributed by atoms with Gasteiger partial charge in [-0.2, -0.15) is 4.68 Å². The molecule has 2 atom stereocenters. The number of aromatic nitrogens is 7. The van der Waals surface area contributed by atoms with Crippen molar-refractivity contribution in [2.24, 2.45) is 0 Å². The summed E-state index contributed by atoms with van der Waals surface area (Å²) in [5.74, 6) is 1.28. The van der Waals surface area contributed by atoms with E-state index in [2.05, 4.69) is 31.2 Å². The quantitative estimate of drug-likeness (QED) is 0.379. The number of benzene rings is 2. The Morgan fingerprint density at radius 1 is 1.12 bits per heavy atom. The van der Waals surface area contributed by atoms with Crippen LogP contribution in [0.15, 0.2) is 48.7 Å². The largest absolute Gasteiger partial charge is 0.493 e. The second-order valence-electron chi connectivity index (χ2n) is 9.90. The number of fused-ring (bicyclic) bond motifs is 5. The van der Waals surface area contributed by atoms with E-state index in [1.807, 2.05) is 31.2 Å². The molecule has 14 heteroatoms. The van der Waals surface area contributed by atoms with Crippen LogP contribution in [0.2, 0.25) is 0 Å². The molecule has 4 aromatic rings. The van der Waals surface area contributed by atoms with Gasteiger partial charge in [0.25, 0.3) is 5.91 Å². The summed E-state index contributed by atoms with van der Waals surface area (Å²) in [6, 6.07) is 12.1. The number of tetrazole rings is 1.